The van der Waals surface area contributed by atoms with Crippen LogP contribution in [0.2, 0.25) is 0 Å². The van der Waals surface area contributed by atoms with E-state index in [1.165, 1.54) is 7.11 Å². The Bertz CT molecular complexity index is 331. The lowest BCUT2D eigenvalue weighted by Gasteiger charge is -1.98. The van der Waals surface area contributed by atoms with Gasteiger partial charge in [0, 0.05) is 19.1 Å². The van der Waals surface area contributed by atoms with E-state index in [1.54, 1.807) is 6.07 Å². The first-order chi connectivity index (χ1) is 6.81. The molecule has 0 unspecified atom stereocenters. The van der Waals surface area contributed by atoms with Crippen molar-refractivity contribution in [3.05, 3.63) is 17.5 Å². The number of carbonyl (C=O) groups excluding carboxylic acids is 1. The van der Waals surface area contributed by atoms with Crippen LogP contribution in [-0.2, 0) is 4.74 Å². The fourth-order valence-electron chi connectivity index (χ4n) is 1.18. The molecule has 0 saturated heterocycles. The molecule has 76 valence electrons. The van der Waals surface area contributed by atoms with Crippen LogP contribution in [0.4, 0.5) is 0 Å². The Morgan fingerprint density at radius 1 is 1.79 bits per heavy atom. The summed E-state index contributed by atoms with van der Waals surface area (Å²) in [7, 11) is 1.51. The summed E-state index contributed by atoms with van der Waals surface area (Å²) in [6, 6.07) is 1.70. The van der Waals surface area contributed by atoms with Gasteiger partial charge in [-0.25, -0.2) is 0 Å². The SMILES string of the molecule is COCNC(=O)c1cc(C2CC2)on1. The first-order valence-corrected chi connectivity index (χ1v) is 4.55. The number of amides is 1. The summed E-state index contributed by atoms with van der Waals surface area (Å²) >= 11 is 0. The average Bonchev–Trinajstić information content (AvgIpc) is 2.93. The number of hydrogen-bond acceptors (Lipinski definition) is 4. The second kappa shape index (κ2) is 3.79. The first kappa shape index (κ1) is 9.21. The predicted molar refractivity (Wildman–Crippen MR) is 47.8 cm³/mol. The van der Waals surface area contributed by atoms with E-state index in [9.17, 15) is 4.79 Å². The minimum absolute atomic E-state index is 0.185. The van der Waals surface area contributed by atoms with Gasteiger partial charge < -0.3 is 14.6 Å². The van der Waals surface area contributed by atoms with Gasteiger partial charge >= 0.3 is 0 Å². The Kier molecular flexibility index (Phi) is 2.49. The molecule has 1 aromatic heterocycles. The van der Waals surface area contributed by atoms with Gasteiger partial charge in [-0.1, -0.05) is 5.16 Å². The summed E-state index contributed by atoms with van der Waals surface area (Å²) < 4.78 is 9.75. The van der Waals surface area contributed by atoms with Crippen molar-refractivity contribution in [3.63, 3.8) is 0 Å². The number of hydrogen-bond donors (Lipinski definition) is 1. The third-order valence-electron chi connectivity index (χ3n) is 2.12. The number of carbonyl (C=O) groups is 1. The zero-order valence-corrected chi connectivity index (χ0v) is 7.95. The van der Waals surface area contributed by atoms with E-state index in [0.29, 0.717) is 11.6 Å². The molecule has 1 aliphatic carbocycles. The Balaban J connectivity index is 1.97. The Hall–Kier alpha value is -1.36. The smallest absolute Gasteiger partial charge is 0.275 e. The van der Waals surface area contributed by atoms with Crippen molar-refractivity contribution >= 4 is 5.91 Å². The molecule has 1 aromatic rings. The maximum absolute atomic E-state index is 11.3. The third kappa shape index (κ3) is 1.93. The summed E-state index contributed by atoms with van der Waals surface area (Å²) in [5.41, 5.74) is 0.323. The van der Waals surface area contributed by atoms with Gasteiger partial charge in [0.15, 0.2) is 5.69 Å². The maximum Gasteiger partial charge on any atom is 0.275 e. The molecule has 0 aromatic carbocycles. The molecule has 1 heterocycles. The second-order valence-electron chi connectivity index (χ2n) is 3.33. The van der Waals surface area contributed by atoms with Gasteiger partial charge in [0.05, 0.1) is 0 Å². The van der Waals surface area contributed by atoms with Crippen LogP contribution in [0.3, 0.4) is 0 Å². The molecule has 1 N–H and O–H groups in total. The molecule has 14 heavy (non-hydrogen) atoms. The number of methoxy groups -OCH3 is 1. The summed E-state index contributed by atoms with van der Waals surface area (Å²) in [4.78, 5) is 11.3. The molecule has 1 aliphatic rings. The maximum atomic E-state index is 11.3. The highest BCUT2D eigenvalue weighted by atomic mass is 16.5. The molecular weight excluding hydrogens is 184 g/mol. The van der Waals surface area contributed by atoms with Gasteiger partial charge in [-0.15, -0.1) is 0 Å². The van der Waals surface area contributed by atoms with E-state index in [4.69, 9.17) is 9.26 Å². The molecule has 2 rings (SSSR count). The summed E-state index contributed by atoms with van der Waals surface area (Å²) in [6.45, 7) is 0.185. The zero-order valence-electron chi connectivity index (χ0n) is 7.95. The van der Waals surface area contributed by atoms with Gasteiger partial charge in [0.1, 0.15) is 12.5 Å². The second-order valence-corrected chi connectivity index (χ2v) is 3.33. The van der Waals surface area contributed by atoms with Crippen LogP contribution in [0.5, 0.6) is 0 Å². The number of nitrogens with one attached hydrogen (secondary N) is 1. The van der Waals surface area contributed by atoms with Crippen LogP contribution in [0.1, 0.15) is 35.0 Å². The van der Waals surface area contributed by atoms with Crippen LogP contribution in [-0.4, -0.2) is 24.9 Å². The fourth-order valence-corrected chi connectivity index (χ4v) is 1.18. The van der Waals surface area contributed by atoms with Gasteiger partial charge in [0.2, 0.25) is 0 Å². The van der Waals surface area contributed by atoms with E-state index in [2.05, 4.69) is 10.5 Å². The molecular formula is C9H12N2O3. The van der Waals surface area contributed by atoms with E-state index in [-0.39, 0.29) is 12.6 Å². The molecule has 5 heteroatoms. The van der Waals surface area contributed by atoms with Gasteiger partial charge in [-0.3, -0.25) is 4.79 Å². The quantitative estimate of drug-likeness (QED) is 0.726. The highest BCUT2D eigenvalue weighted by Crippen LogP contribution is 2.40. The van der Waals surface area contributed by atoms with Crippen LogP contribution < -0.4 is 5.32 Å². The number of nitrogens with zero attached hydrogens (tertiary/aromatic N) is 1. The number of aromatic nitrogens is 1. The van der Waals surface area contributed by atoms with E-state index in [0.717, 1.165) is 18.6 Å². The van der Waals surface area contributed by atoms with Crippen molar-refractivity contribution in [2.24, 2.45) is 0 Å². The van der Waals surface area contributed by atoms with Crippen molar-refractivity contribution in [1.82, 2.24) is 10.5 Å². The topological polar surface area (TPSA) is 64.4 Å². The molecule has 1 fully saturated rings. The van der Waals surface area contributed by atoms with Crippen LogP contribution in [0.15, 0.2) is 10.6 Å². The predicted octanol–water partition coefficient (Wildman–Crippen LogP) is 0.886. The molecule has 0 bridgehead atoms. The zero-order chi connectivity index (χ0) is 9.97. The van der Waals surface area contributed by atoms with Crippen molar-refractivity contribution in [3.8, 4) is 0 Å². The van der Waals surface area contributed by atoms with Crippen molar-refractivity contribution in [2.75, 3.05) is 13.8 Å². The highest BCUT2D eigenvalue weighted by molar-refractivity contribution is 5.92. The molecule has 0 radical (unpaired) electrons. The highest BCUT2D eigenvalue weighted by Gasteiger charge is 2.28. The molecule has 1 amide bonds. The van der Waals surface area contributed by atoms with Gasteiger partial charge in [0.25, 0.3) is 5.91 Å². The standard InChI is InChI=1S/C9H12N2O3/c1-13-5-10-9(12)7-4-8(14-11-7)6-2-3-6/h4,6H,2-3,5H2,1H3,(H,10,12). The minimum Gasteiger partial charge on any atom is -0.364 e. The summed E-state index contributed by atoms with van der Waals surface area (Å²) in [5.74, 6) is 1.03. The normalized spacial score (nSPS) is 15.5. The van der Waals surface area contributed by atoms with E-state index >= 15 is 0 Å². The lowest BCUT2D eigenvalue weighted by atomic mass is 10.3. The van der Waals surface area contributed by atoms with Gasteiger partial charge in [-0.05, 0) is 12.8 Å². The molecule has 0 spiro atoms. The number of rotatable bonds is 4. The average molecular weight is 196 g/mol. The molecule has 0 atom stereocenters. The van der Waals surface area contributed by atoms with Crippen LogP contribution in [0.25, 0.3) is 0 Å². The van der Waals surface area contributed by atoms with Gasteiger partial charge in [-0.2, -0.15) is 0 Å². The van der Waals surface area contributed by atoms with E-state index in [1.807, 2.05) is 0 Å². The summed E-state index contributed by atoms with van der Waals surface area (Å²) in [5, 5.41) is 6.23. The largest absolute Gasteiger partial charge is 0.364 e. The van der Waals surface area contributed by atoms with Crippen molar-refractivity contribution in [1.29, 1.82) is 0 Å². The summed E-state index contributed by atoms with van der Waals surface area (Å²) in [6.07, 6.45) is 2.27. The van der Waals surface area contributed by atoms with Crippen molar-refractivity contribution in [2.45, 2.75) is 18.8 Å². The molecule has 0 aliphatic heterocycles. The fraction of sp³-hybridized carbons (Fsp3) is 0.556. The Morgan fingerprint density at radius 2 is 2.57 bits per heavy atom. The minimum atomic E-state index is -0.262. The third-order valence-corrected chi connectivity index (χ3v) is 2.12. The Labute approximate surface area is 81.4 Å². The molecule has 1 saturated carbocycles. The Morgan fingerprint density at radius 3 is 3.21 bits per heavy atom. The molecule has 5 nitrogen and oxygen atoms in total. The lowest BCUT2D eigenvalue weighted by Crippen LogP contribution is -2.25. The van der Waals surface area contributed by atoms with Crippen LogP contribution in [0, 0.1) is 0 Å². The lowest BCUT2D eigenvalue weighted by molar-refractivity contribution is 0.0863. The first-order valence-electron chi connectivity index (χ1n) is 4.55. The van der Waals surface area contributed by atoms with Crippen molar-refractivity contribution < 1.29 is 14.1 Å². The van der Waals surface area contributed by atoms with E-state index < -0.39 is 0 Å². The number of ether oxygens (including phenoxy) is 1. The van der Waals surface area contributed by atoms with Crippen LogP contribution >= 0.6 is 0 Å². The monoisotopic (exact) mass is 196 g/mol.